The highest BCUT2D eigenvalue weighted by Gasteiger charge is 2.79. The van der Waals surface area contributed by atoms with E-state index in [4.69, 9.17) is 42.0 Å². The van der Waals surface area contributed by atoms with Gasteiger partial charge < -0.3 is 47.1 Å². The van der Waals surface area contributed by atoms with Crippen LogP contribution in [0.15, 0.2) is 71.8 Å². The number of amides is 2. The highest BCUT2D eigenvalue weighted by molar-refractivity contribution is 6.74. The first-order valence-corrected chi connectivity index (χ1v) is 34.3. The zero-order valence-corrected chi connectivity index (χ0v) is 53.7. The summed E-state index contributed by atoms with van der Waals surface area (Å²) in [7, 11) is -5.59. The van der Waals surface area contributed by atoms with Gasteiger partial charge in [0.2, 0.25) is 6.10 Å². The maximum Gasteiger partial charge on any atom is 0.420 e. The van der Waals surface area contributed by atoms with Gasteiger partial charge in [0.1, 0.15) is 47.3 Å². The predicted octanol–water partition coefficient (Wildman–Crippen LogP) is 11.5. The van der Waals surface area contributed by atoms with Crippen molar-refractivity contribution in [1.82, 2.24) is 4.90 Å². The molecule has 0 radical (unpaired) electrons. The largest absolute Gasteiger partial charge is 0.455 e. The second-order valence-electron chi connectivity index (χ2n) is 25.5. The maximum absolute atomic E-state index is 17.2. The van der Waals surface area contributed by atoms with Crippen molar-refractivity contribution in [2.75, 3.05) is 6.61 Å². The van der Waals surface area contributed by atoms with Gasteiger partial charge in [0.25, 0.3) is 0 Å². The molecule has 2 amide bonds. The molecule has 2 saturated carbocycles. The Bertz CT molecular complexity index is 2670. The Labute approximate surface area is 487 Å². The number of hydrogen-bond donors (Lipinski definition) is 1. The Hall–Kier alpha value is -5.26. The lowest BCUT2D eigenvalue weighted by Crippen LogP contribution is -2.82. The summed E-state index contributed by atoms with van der Waals surface area (Å²) in [6, 6.07) is 18.2. The zero-order chi connectivity index (χ0) is 61.3. The van der Waals surface area contributed by atoms with Gasteiger partial charge in [0.15, 0.2) is 28.0 Å². The molecule has 0 spiro atoms. The SMILES string of the molecule is CC[Si](CC)(CC)O[C@H]1C(=O)[C@@]2(C)C([C@H](OC(=O)c3ccccc3)[C@]3(O)C[C@H](OC(=O)[C@H](OC(C)=O)[C@H](c4ccccc4)N(C(=O)OC(C)(C)C)C(=O)OC(C)(C)C)C(C)=C1C3(C)C)[C@]1(OC(C)=O)CO[C@@H]1C[C@@H]2O[Si](CC)(CC)CC. The summed E-state index contributed by atoms with van der Waals surface area (Å²) in [6.45, 7) is 30.9. The summed E-state index contributed by atoms with van der Waals surface area (Å²) in [5.41, 5.74) is -8.98. The third-order valence-corrected chi connectivity index (χ3v) is 27.4. The van der Waals surface area contributed by atoms with E-state index >= 15 is 14.4 Å². The lowest BCUT2D eigenvalue weighted by atomic mass is 9.44. The molecule has 18 nitrogen and oxygen atoms in total. The van der Waals surface area contributed by atoms with Gasteiger partial charge in [-0.05, 0) is 120 Å². The number of carbonyl (C=O) groups is 7. The number of imide groups is 1. The third kappa shape index (κ3) is 12.6. The van der Waals surface area contributed by atoms with E-state index in [1.165, 1.54) is 19.1 Å². The highest BCUT2D eigenvalue weighted by Crippen LogP contribution is 2.65. The average Bonchev–Trinajstić information content (AvgIpc) is 1.67. The number of benzene rings is 2. The van der Waals surface area contributed by atoms with Crippen molar-refractivity contribution in [3.8, 4) is 0 Å². The van der Waals surface area contributed by atoms with Gasteiger partial charge in [-0.2, -0.15) is 0 Å². The molecule has 1 N–H and O–H groups in total. The number of ketones is 1. The van der Waals surface area contributed by atoms with Crippen molar-refractivity contribution in [3.63, 3.8) is 0 Å². The van der Waals surface area contributed by atoms with Crippen molar-refractivity contribution < 1.29 is 80.7 Å². The molecule has 1 saturated heterocycles. The van der Waals surface area contributed by atoms with Crippen LogP contribution in [0.2, 0.25) is 36.3 Å². The first kappa shape index (κ1) is 65.9. The lowest BCUT2D eigenvalue weighted by Gasteiger charge is -2.68. The fourth-order valence-corrected chi connectivity index (χ4v) is 18.9. The van der Waals surface area contributed by atoms with E-state index in [0.717, 1.165) is 6.92 Å². The molecular weight excluding hydrogens is 1090 g/mol. The number of carbonyl (C=O) groups excluding carboxylic acids is 7. The van der Waals surface area contributed by atoms with Gasteiger partial charge in [0.05, 0.1) is 29.6 Å². The Balaban J connectivity index is 1.72. The van der Waals surface area contributed by atoms with E-state index in [-0.39, 0.29) is 29.7 Å². The summed E-state index contributed by atoms with van der Waals surface area (Å²) >= 11 is 0. The number of nitrogens with zero attached hydrogens (tertiary/aromatic N) is 1. The summed E-state index contributed by atoms with van der Waals surface area (Å²) in [6.07, 6.45) is -11.6. The van der Waals surface area contributed by atoms with Gasteiger partial charge in [-0.3, -0.25) is 14.4 Å². The van der Waals surface area contributed by atoms with Gasteiger partial charge in [-0.1, -0.05) is 104 Å². The Morgan fingerprint density at radius 1 is 0.732 bits per heavy atom. The minimum Gasteiger partial charge on any atom is -0.455 e. The number of hydrogen-bond acceptors (Lipinski definition) is 17. The zero-order valence-electron chi connectivity index (χ0n) is 51.7. The second kappa shape index (κ2) is 24.8. The van der Waals surface area contributed by atoms with E-state index < -0.39 is 147 Å². The molecule has 82 heavy (non-hydrogen) atoms. The van der Waals surface area contributed by atoms with Crippen LogP contribution in [0.1, 0.15) is 159 Å². The van der Waals surface area contributed by atoms with Crippen molar-refractivity contribution in [2.45, 2.75) is 239 Å². The van der Waals surface area contributed by atoms with Gasteiger partial charge >= 0.3 is 36.1 Å². The van der Waals surface area contributed by atoms with Crippen LogP contribution in [-0.4, -0.2) is 134 Å². The second-order valence-corrected chi connectivity index (χ2v) is 34.9. The normalized spacial score (nSPS) is 27.8. The van der Waals surface area contributed by atoms with E-state index in [0.29, 0.717) is 46.7 Å². The smallest absolute Gasteiger partial charge is 0.420 e. The quantitative estimate of drug-likeness (QED) is 0.0597. The van der Waals surface area contributed by atoms with Crippen molar-refractivity contribution >= 4 is 58.5 Å². The molecule has 3 fully saturated rings. The monoisotopic (exact) mass is 1180 g/mol. The first-order valence-electron chi connectivity index (χ1n) is 29.2. The fraction of sp³-hybridized carbons (Fsp3) is 0.661. The number of rotatable bonds is 19. The molecule has 3 aliphatic carbocycles. The molecule has 2 aromatic rings. The standard InChI is InChI=1S/C62H91NO17Si2/c1-19-81(20-2,21-3)79-44-35-45-61(37-72-45,76-40(9)65)50-52(75-53(67)42-33-29-26-30-34-42)62(71)36-43(38(7)46(59(62,16)17)48(51(66)60(44,50)18)80-82(22-4,23-5)24-6)74-54(68)49(73-39(8)64)47(41-31-27-25-28-32-41)63(55(69)77-57(10,11)12)56(70)78-58(13,14)15/h25-34,43-45,47-50,52,71H,19-24,35-37H2,1-18H3/t43-,44-,45+,47-,48+,49+,50?,52-,60+,61-,62+/m0/s1. The minimum absolute atomic E-state index is 0.118. The van der Waals surface area contributed by atoms with Crippen LogP contribution in [0.4, 0.5) is 9.59 Å². The van der Waals surface area contributed by atoms with Crippen LogP contribution in [0.25, 0.3) is 0 Å². The summed E-state index contributed by atoms with van der Waals surface area (Å²) in [5.74, 6) is -5.69. The summed E-state index contributed by atoms with van der Waals surface area (Å²) in [5, 5.41) is 14.7. The van der Waals surface area contributed by atoms with Crippen molar-refractivity contribution in [2.24, 2.45) is 16.7 Å². The van der Waals surface area contributed by atoms with Crippen LogP contribution in [0.3, 0.4) is 0 Å². The molecule has 2 bridgehead atoms. The first-order chi connectivity index (χ1) is 38.1. The summed E-state index contributed by atoms with van der Waals surface area (Å²) < 4.78 is 59.1. The average molecular weight is 1180 g/mol. The number of aliphatic hydroxyl groups is 1. The highest BCUT2D eigenvalue weighted by atomic mass is 28.4. The molecular formula is C62H91NO17Si2. The molecule has 11 atom stereocenters. The van der Waals surface area contributed by atoms with E-state index in [2.05, 4.69) is 20.8 Å². The van der Waals surface area contributed by atoms with E-state index in [1.54, 1.807) is 118 Å². The third-order valence-electron chi connectivity index (χ3n) is 18.2. The number of ether oxygens (including phenoxy) is 7. The van der Waals surface area contributed by atoms with Crippen LogP contribution < -0.4 is 0 Å². The molecule has 1 unspecified atom stereocenters. The number of esters is 4. The Kier molecular flexibility index (Phi) is 19.9. The summed E-state index contributed by atoms with van der Waals surface area (Å²) in [4.78, 5) is 105. The Morgan fingerprint density at radius 3 is 1.68 bits per heavy atom. The van der Waals surface area contributed by atoms with Crippen molar-refractivity contribution in [1.29, 1.82) is 0 Å². The van der Waals surface area contributed by atoms with Gasteiger partial charge in [-0.15, -0.1) is 0 Å². The lowest BCUT2D eigenvalue weighted by molar-refractivity contribution is -0.344. The van der Waals surface area contributed by atoms with Gasteiger partial charge in [-0.25, -0.2) is 24.1 Å². The molecule has 4 aliphatic rings. The number of Topliss-reactive ketones (excluding diaryl/α,β-unsaturated/α-hetero) is 1. The minimum atomic E-state index is -2.92. The molecule has 0 aromatic heterocycles. The molecule has 20 heteroatoms. The topological polar surface area (TPSA) is 226 Å². The van der Waals surface area contributed by atoms with Crippen LogP contribution in [0.5, 0.6) is 0 Å². The van der Waals surface area contributed by atoms with Crippen LogP contribution in [-0.2, 0) is 61.2 Å². The Morgan fingerprint density at radius 2 is 1.23 bits per heavy atom. The molecule has 1 aliphatic heterocycles. The fourth-order valence-electron chi connectivity index (χ4n) is 13.2. The van der Waals surface area contributed by atoms with Gasteiger partial charge in [0, 0.05) is 32.1 Å². The molecule has 454 valence electrons. The van der Waals surface area contributed by atoms with E-state index in [1.807, 2.05) is 20.8 Å². The molecule has 1 heterocycles. The maximum atomic E-state index is 17.2. The van der Waals surface area contributed by atoms with E-state index in [9.17, 15) is 24.3 Å². The predicted molar refractivity (Wildman–Crippen MR) is 310 cm³/mol. The van der Waals surface area contributed by atoms with Crippen LogP contribution in [0, 0.1) is 16.7 Å². The molecule has 2 aromatic carbocycles. The molecule has 6 rings (SSSR count). The number of fused-ring (bicyclic) bond motifs is 5. The van der Waals surface area contributed by atoms with Crippen LogP contribution >= 0.6 is 0 Å². The van der Waals surface area contributed by atoms with Crippen molar-refractivity contribution in [3.05, 3.63) is 82.9 Å².